The van der Waals surface area contributed by atoms with E-state index in [9.17, 15) is 8.78 Å². The van der Waals surface area contributed by atoms with Crippen LogP contribution in [0.4, 0.5) is 20.2 Å². The average molecular weight is 212 g/mol. The van der Waals surface area contributed by atoms with Crippen LogP contribution < -0.4 is 10.6 Å². The van der Waals surface area contributed by atoms with E-state index in [2.05, 4.69) is 10.6 Å². The Bertz CT molecular complexity index is 392. The molecule has 0 spiro atoms. The van der Waals surface area contributed by atoms with Gasteiger partial charge in [0.2, 0.25) is 0 Å². The Morgan fingerprint density at radius 2 is 2.13 bits per heavy atom. The van der Waals surface area contributed by atoms with Gasteiger partial charge in [0.15, 0.2) is 5.82 Å². The van der Waals surface area contributed by atoms with Crippen molar-refractivity contribution in [3.63, 3.8) is 0 Å². The van der Waals surface area contributed by atoms with Gasteiger partial charge in [0.25, 0.3) is 0 Å². The lowest BCUT2D eigenvalue weighted by Gasteiger charge is -2.37. The molecule has 82 valence electrons. The Labute approximate surface area is 87.7 Å². The quantitative estimate of drug-likeness (QED) is 0.747. The summed E-state index contributed by atoms with van der Waals surface area (Å²) in [5.41, 5.74) is 0.721. The molecule has 1 aliphatic heterocycles. The van der Waals surface area contributed by atoms with Crippen LogP contribution in [0.3, 0.4) is 0 Å². The molecule has 1 atom stereocenters. The van der Waals surface area contributed by atoms with E-state index < -0.39 is 11.6 Å². The molecule has 0 radical (unpaired) electrons. The highest BCUT2D eigenvalue weighted by molar-refractivity contribution is 5.72. The van der Waals surface area contributed by atoms with Crippen molar-refractivity contribution in [3.8, 4) is 0 Å². The van der Waals surface area contributed by atoms with Crippen LogP contribution in [0.5, 0.6) is 0 Å². The van der Waals surface area contributed by atoms with Gasteiger partial charge in [-0.05, 0) is 19.4 Å². The second-order valence-corrected chi connectivity index (χ2v) is 4.20. The summed E-state index contributed by atoms with van der Waals surface area (Å²) in [6.07, 6.45) is 0.886. The van der Waals surface area contributed by atoms with Crippen molar-refractivity contribution in [2.45, 2.75) is 25.8 Å². The molecule has 0 aromatic heterocycles. The fraction of sp³-hybridized carbons (Fsp3) is 0.455. The van der Waals surface area contributed by atoms with E-state index in [0.29, 0.717) is 17.9 Å². The van der Waals surface area contributed by atoms with Crippen molar-refractivity contribution in [1.29, 1.82) is 0 Å². The maximum atomic E-state index is 13.3. The summed E-state index contributed by atoms with van der Waals surface area (Å²) in [6.45, 7) is 4.69. The highest BCUT2D eigenvalue weighted by Gasteiger charge is 2.28. The SMILES string of the molecule is CCC1(C)CNc2c(F)cc(F)cc2N1. The van der Waals surface area contributed by atoms with Gasteiger partial charge < -0.3 is 10.6 Å². The highest BCUT2D eigenvalue weighted by atomic mass is 19.1. The normalized spacial score (nSPS) is 24.0. The number of hydrogen-bond donors (Lipinski definition) is 2. The van der Waals surface area contributed by atoms with Crippen molar-refractivity contribution in [2.24, 2.45) is 0 Å². The zero-order valence-electron chi connectivity index (χ0n) is 8.82. The van der Waals surface area contributed by atoms with Crippen molar-refractivity contribution >= 4 is 11.4 Å². The number of halogens is 2. The fourth-order valence-electron chi connectivity index (χ4n) is 1.72. The van der Waals surface area contributed by atoms with Crippen LogP contribution in [0, 0.1) is 11.6 Å². The van der Waals surface area contributed by atoms with Crippen LogP contribution in [0.15, 0.2) is 12.1 Å². The van der Waals surface area contributed by atoms with Crippen molar-refractivity contribution in [1.82, 2.24) is 0 Å². The predicted octanol–water partition coefficient (Wildman–Crippen LogP) is 2.97. The molecule has 0 aliphatic carbocycles. The van der Waals surface area contributed by atoms with E-state index in [-0.39, 0.29) is 5.54 Å². The molecule has 1 aliphatic rings. The first kappa shape index (κ1) is 10.2. The lowest BCUT2D eigenvalue weighted by atomic mass is 9.95. The van der Waals surface area contributed by atoms with Gasteiger partial charge in [0, 0.05) is 12.6 Å². The summed E-state index contributed by atoms with van der Waals surface area (Å²) < 4.78 is 26.3. The molecule has 0 amide bonds. The number of nitrogens with one attached hydrogen (secondary N) is 2. The highest BCUT2D eigenvalue weighted by Crippen LogP contribution is 2.34. The molecule has 0 saturated heterocycles. The van der Waals surface area contributed by atoms with Gasteiger partial charge in [-0.25, -0.2) is 8.78 Å². The fourth-order valence-corrected chi connectivity index (χ4v) is 1.72. The number of fused-ring (bicyclic) bond motifs is 1. The molecule has 1 aromatic rings. The number of anilines is 2. The van der Waals surface area contributed by atoms with Gasteiger partial charge in [-0.1, -0.05) is 6.92 Å². The topological polar surface area (TPSA) is 24.1 Å². The van der Waals surface area contributed by atoms with Crippen LogP contribution in [-0.2, 0) is 0 Å². The van der Waals surface area contributed by atoms with Crippen LogP contribution >= 0.6 is 0 Å². The molecule has 2 rings (SSSR count). The third kappa shape index (κ3) is 1.76. The third-order valence-electron chi connectivity index (χ3n) is 2.93. The second kappa shape index (κ2) is 3.36. The molecule has 2 nitrogen and oxygen atoms in total. The standard InChI is InChI=1S/C11H14F2N2/c1-3-11(2)6-14-10-8(13)4-7(12)5-9(10)15-11/h4-5,14-15H,3,6H2,1-2H3. The molecule has 0 bridgehead atoms. The van der Waals surface area contributed by atoms with Gasteiger partial charge in [0.05, 0.1) is 16.9 Å². The lowest BCUT2D eigenvalue weighted by Crippen LogP contribution is -2.44. The predicted molar refractivity (Wildman–Crippen MR) is 57.2 cm³/mol. The van der Waals surface area contributed by atoms with E-state index in [1.54, 1.807) is 0 Å². The summed E-state index contributed by atoms with van der Waals surface area (Å²) in [7, 11) is 0. The van der Waals surface area contributed by atoms with Crippen LogP contribution in [-0.4, -0.2) is 12.1 Å². The summed E-state index contributed by atoms with van der Waals surface area (Å²) in [6, 6.07) is 2.21. The Kier molecular flexibility index (Phi) is 2.29. The Hall–Kier alpha value is -1.32. The minimum atomic E-state index is -0.555. The summed E-state index contributed by atoms with van der Waals surface area (Å²) in [5.74, 6) is -1.10. The zero-order valence-corrected chi connectivity index (χ0v) is 8.82. The van der Waals surface area contributed by atoms with E-state index in [1.165, 1.54) is 6.07 Å². The van der Waals surface area contributed by atoms with E-state index in [4.69, 9.17) is 0 Å². The number of benzene rings is 1. The van der Waals surface area contributed by atoms with Gasteiger partial charge >= 0.3 is 0 Å². The molecule has 1 aromatic carbocycles. The monoisotopic (exact) mass is 212 g/mol. The van der Waals surface area contributed by atoms with Gasteiger partial charge in [-0.3, -0.25) is 0 Å². The molecule has 0 fully saturated rings. The lowest BCUT2D eigenvalue weighted by molar-refractivity contribution is 0.505. The summed E-state index contributed by atoms with van der Waals surface area (Å²) in [4.78, 5) is 0. The van der Waals surface area contributed by atoms with Gasteiger partial charge in [-0.15, -0.1) is 0 Å². The first-order chi connectivity index (χ1) is 7.04. The molecule has 1 heterocycles. The Morgan fingerprint density at radius 3 is 2.80 bits per heavy atom. The van der Waals surface area contributed by atoms with Crippen molar-refractivity contribution in [2.75, 3.05) is 17.2 Å². The molecule has 15 heavy (non-hydrogen) atoms. The minimum absolute atomic E-state index is 0.146. The largest absolute Gasteiger partial charge is 0.379 e. The van der Waals surface area contributed by atoms with Crippen molar-refractivity contribution < 1.29 is 8.78 Å². The van der Waals surface area contributed by atoms with Crippen molar-refractivity contribution in [3.05, 3.63) is 23.8 Å². The van der Waals surface area contributed by atoms with Gasteiger partial charge in [0.1, 0.15) is 5.82 Å². The van der Waals surface area contributed by atoms with Crippen LogP contribution in [0.25, 0.3) is 0 Å². The summed E-state index contributed by atoms with van der Waals surface area (Å²) in [5, 5.41) is 6.16. The van der Waals surface area contributed by atoms with E-state index >= 15 is 0 Å². The van der Waals surface area contributed by atoms with E-state index in [0.717, 1.165) is 12.5 Å². The van der Waals surface area contributed by atoms with Crippen LogP contribution in [0.2, 0.25) is 0 Å². The first-order valence-electron chi connectivity index (χ1n) is 5.05. The average Bonchev–Trinajstić information content (AvgIpc) is 2.16. The molecule has 1 unspecified atom stereocenters. The Morgan fingerprint density at radius 1 is 1.40 bits per heavy atom. The molecule has 2 N–H and O–H groups in total. The van der Waals surface area contributed by atoms with Gasteiger partial charge in [-0.2, -0.15) is 0 Å². The maximum Gasteiger partial charge on any atom is 0.151 e. The number of hydrogen-bond acceptors (Lipinski definition) is 2. The molecular weight excluding hydrogens is 198 g/mol. The molecular formula is C11H14F2N2. The third-order valence-corrected chi connectivity index (χ3v) is 2.93. The minimum Gasteiger partial charge on any atom is -0.379 e. The Balaban J connectivity index is 2.41. The molecule has 0 saturated carbocycles. The van der Waals surface area contributed by atoms with E-state index in [1.807, 2.05) is 13.8 Å². The zero-order chi connectivity index (χ0) is 11.1. The van der Waals surface area contributed by atoms with Crippen LogP contribution in [0.1, 0.15) is 20.3 Å². The second-order valence-electron chi connectivity index (χ2n) is 4.20. The number of rotatable bonds is 1. The maximum absolute atomic E-state index is 13.3. The summed E-state index contributed by atoms with van der Waals surface area (Å²) >= 11 is 0. The first-order valence-corrected chi connectivity index (χ1v) is 5.05. The smallest absolute Gasteiger partial charge is 0.151 e. The molecule has 4 heteroatoms.